The van der Waals surface area contributed by atoms with E-state index < -0.39 is 0 Å². The second kappa shape index (κ2) is 12.4. The van der Waals surface area contributed by atoms with Gasteiger partial charge < -0.3 is 15.8 Å². The molecule has 1 unspecified atom stereocenters. The van der Waals surface area contributed by atoms with E-state index in [-0.39, 0.29) is 18.3 Å². The molecule has 7 heteroatoms. The van der Waals surface area contributed by atoms with Crippen LogP contribution in [0.1, 0.15) is 36.8 Å². The van der Waals surface area contributed by atoms with Gasteiger partial charge in [0.15, 0.2) is 0 Å². The number of carbonyl (C=O) groups is 1. The van der Waals surface area contributed by atoms with Gasteiger partial charge in [0.2, 0.25) is 5.91 Å². The largest absolute Gasteiger partial charge is 0.489 e. The van der Waals surface area contributed by atoms with Gasteiger partial charge in [0, 0.05) is 44.5 Å². The number of nitrogens with zero attached hydrogens (tertiary/aromatic N) is 2. The fraction of sp³-hybridized carbons (Fsp3) is 0.455. The zero-order valence-electron chi connectivity index (χ0n) is 16.8. The Morgan fingerprint density at radius 1 is 1.14 bits per heavy atom. The lowest BCUT2D eigenvalue weighted by atomic mass is 10.0. The minimum Gasteiger partial charge on any atom is -0.489 e. The summed E-state index contributed by atoms with van der Waals surface area (Å²) >= 11 is 0. The molecule has 1 atom stereocenters. The summed E-state index contributed by atoms with van der Waals surface area (Å²) in [6.45, 7) is 3.60. The number of aromatic nitrogens is 1. The highest BCUT2D eigenvalue weighted by atomic mass is 35.5. The van der Waals surface area contributed by atoms with Crippen LogP contribution in [0.3, 0.4) is 0 Å². The standard InChI is InChI=1S/C22H30N4O2.ClH/c23-11-8-22(27)25-15-20-3-1-2-14-26(20)16-18-4-6-21(7-5-18)28-17-19-9-12-24-13-10-19;/h4-7,9-10,12-13,20H,1-3,8,11,14-17,23H2,(H,25,27);1H. The minimum absolute atomic E-state index is 0. The number of hydrogen-bond acceptors (Lipinski definition) is 5. The first-order chi connectivity index (χ1) is 13.7. The topological polar surface area (TPSA) is 80.5 Å². The number of carbonyl (C=O) groups excluding carboxylic acids is 1. The molecule has 0 radical (unpaired) electrons. The number of halogens is 1. The van der Waals surface area contributed by atoms with Gasteiger partial charge >= 0.3 is 0 Å². The number of pyridine rings is 1. The number of nitrogens with two attached hydrogens (primary N) is 1. The van der Waals surface area contributed by atoms with Crippen molar-refractivity contribution < 1.29 is 9.53 Å². The lowest BCUT2D eigenvalue weighted by Gasteiger charge is -2.36. The maximum absolute atomic E-state index is 11.7. The Bertz CT molecular complexity index is 727. The van der Waals surface area contributed by atoms with E-state index >= 15 is 0 Å². The molecule has 1 saturated heterocycles. The third-order valence-electron chi connectivity index (χ3n) is 5.12. The van der Waals surface area contributed by atoms with E-state index in [0.717, 1.165) is 30.8 Å². The summed E-state index contributed by atoms with van der Waals surface area (Å²) in [5, 5.41) is 3.03. The molecule has 1 fully saturated rings. The Labute approximate surface area is 179 Å². The summed E-state index contributed by atoms with van der Waals surface area (Å²) in [4.78, 5) is 18.2. The smallest absolute Gasteiger partial charge is 0.221 e. The molecule has 1 amide bonds. The van der Waals surface area contributed by atoms with Crippen LogP contribution in [0.15, 0.2) is 48.8 Å². The lowest BCUT2D eigenvalue weighted by Crippen LogP contribution is -2.46. The van der Waals surface area contributed by atoms with Crippen LogP contribution in [0.25, 0.3) is 0 Å². The summed E-state index contributed by atoms with van der Waals surface area (Å²) < 4.78 is 5.85. The molecule has 158 valence electrons. The predicted molar refractivity (Wildman–Crippen MR) is 117 cm³/mol. The van der Waals surface area contributed by atoms with Gasteiger partial charge in [-0.15, -0.1) is 12.4 Å². The number of hydrogen-bond donors (Lipinski definition) is 2. The van der Waals surface area contributed by atoms with Crippen molar-refractivity contribution >= 4 is 18.3 Å². The van der Waals surface area contributed by atoms with Crippen LogP contribution < -0.4 is 15.8 Å². The quantitative estimate of drug-likeness (QED) is 0.654. The van der Waals surface area contributed by atoms with Crippen LogP contribution in [0, 0.1) is 0 Å². The molecule has 29 heavy (non-hydrogen) atoms. The van der Waals surface area contributed by atoms with Crippen LogP contribution in [-0.4, -0.2) is 41.5 Å². The molecule has 1 aliphatic heterocycles. The van der Waals surface area contributed by atoms with E-state index in [1.54, 1.807) is 12.4 Å². The van der Waals surface area contributed by atoms with Gasteiger partial charge in [0.25, 0.3) is 0 Å². The number of likely N-dealkylation sites (tertiary alicyclic amines) is 1. The molecule has 0 bridgehead atoms. The molecular formula is C22H31ClN4O2. The lowest BCUT2D eigenvalue weighted by molar-refractivity contribution is -0.121. The first-order valence-corrected chi connectivity index (χ1v) is 10.1. The van der Waals surface area contributed by atoms with E-state index in [4.69, 9.17) is 10.5 Å². The van der Waals surface area contributed by atoms with Crippen molar-refractivity contribution in [1.29, 1.82) is 0 Å². The van der Waals surface area contributed by atoms with Crippen molar-refractivity contribution in [1.82, 2.24) is 15.2 Å². The second-order valence-electron chi connectivity index (χ2n) is 7.25. The normalized spacial score (nSPS) is 16.7. The molecule has 1 aliphatic rings. The van der Waals surface area contributed by atoms with Crippen molar-refractivity contribution in [2.45, 2.75) is 44.9 Å². The second-order valence-corrected chi connectivity index (χ2v) is 7.25. The van der Waals surface area contributed by atoms with Crippen LogP contribution in [-0.2, 0) is 17.9 Å². The van der Waals surface area contributed by atoms with Crippen LogP contribution in [0.4, 0.5) is 0 Å². The van der Waals surface area contributed by atoms with Crippen molar-refractivity contribution in [2.75, 3.05) is 19.6 Å². The number of rotatable bonds is 9. The summed E-state index contributed by atoms with van der Waals surface area (Å²) in [6, 6.07) is 12.6. The summed E-state index contributed by atoms with van der Waals surface area (Å²) in [7, 11) is 0. The number of ether oxygens (including phenoxy) is 1. The third kappa shape index (κ3) is 7.65. The Balaban J connectivity index is 0.00000300. The van der Waals surface area contributed by atoms with Crippen LogP contribution in [0.2, 0.25) is 0 Å². The molecule has 2 heterocycles. The fourth-order valence-electron chi connectivity index (χ4n) is 3.52. The highest BCUT2D eigenvalue weighted by molar-refractivity contribution is 5.85. The van der Waals surface area contributed by atoms with E-state index in [2.05, 4.69) is 27.3 Å². The van der Waals surface area contributed by atoms with Gasteiger partial charge in [-0.25, -0.2) is 0 Å². The molecule has 0 aliphatic carbocycles. The van der Waals surface area contributed by atoms with E-state index in [9.17, 15) is 4.79 Å². The molecule has 3 N–H and O–H groups in total. The predicted octanol–water partition coefficient (Wildman–Crippen LogP) is 2.90. The SMILES string of the molecule is Cl.NCCC(=O)NCC1CCCCN1Cc1ccc(OCc2ccncc2)cc1. The zero-order valence-corrected chi connectivity index (χ0v) is 17.6. The van der Waals surface area contributed by atoms with E-state index in [1.807, 2.05) is 24.3 Å². The molecule has 6 nitrogen and oxygen atoms in total. The van der Waals surface area contributed by atoms with E-state index in [0.29, 0.717) is 32.2 Å². The average Bonchev–Trinajstić information content (AvgIpc) is 2.74. The number of benzene rings is 1. The fourth-order valence-corrected chi connectivity index (χ4v) is 3.52. The summed E-state index contributed by atoms with van der Waals surface area (Å²) in [6.07, 6.45) is 7.49. The van der Waals surface area contributed by atoms with Crippen LogP contribution >= 0.6 is 12.4 Å². The van der Waals surface area contributed by atoms with Gasteiger partial charge in [-0.3, -0.25) is 14.7 Å². The maximum atomic E-state index is 11.7. The molecule has 2 aromatic rings. The third-order valence-corrected chi connectivity index (χ3v) is 5.12. The molecular weight excluding hydrogens is 388 g/mol. The van der Waals surface area contributed by atoms with E-state index in [1.165, 1.54) is 18.4 Å². The molecule has 3 rings (SSSR count). The van der Waals surface area contributed by atoms with Crippen molar-refractivity contribution in [3.63, 3.8) is 0 Å². The van der Waals surface area contributed by atoms with Gasteiger partial charge in [0.1, 0.15) is 12.4 Å². The first kappa shape index (κ1) is 23.1. The van der Waals surface area contributed by atoms with Crippen molar-refractivity contribution in [2.24, 2.45) is 5.73 Å². The highest BCUT2D eigenvalue weighted by Crippen LogP contribution is 2.21. The number of nitrogens with one attached hydrogen (secondary N) is 1. The Kier molecular flexibility index (Phi) is 9.91. The molecule has 1 aromatic heterocycles. The Hall–Kier alpha value is -2.15. The van der Waals surface area contributed by atoms with Gasteiger partial charge in [0.05, 0.1) is 0 Å². The number of amides is 1. The van der Waals surface area contributed by atoms with Crippen molar-refractivity contribution in [3.05, 3.63) is 59.9 Å². The molecule has 1 aromatic carbocycles. The van der Waals surface area contributed by atoms with Crippen molar-refractivity contribution in [3.8, 4) is 5.75 Å². The summed E-state index contributed by atoms with van der Waals surface area (Å²) in [5.74, 6) is 0.911. The molecule has 0 spiro atoms. The average molecular weight is 419 g/mol. The zero-order chi connectivity index (χ0) is 19.6. The Morgan fingerprint density at radius 3 is 2.62 bits per heavy atom. The van der Waals surface area contributed by atoms with Gasteiger partial charge in [-0.05, 0) is 54.8 Å². The van der Waals surface area contributed by atoms with Crippen LogP contribution in [0.5, 0.6) is 5.75 Å². The number of piperidine rings is 1. The Morgan fingerprint density at radius 2 is 1.90 bits per heavy atom. The maximum Gasteiger partial charge on any atom is 0.221 e. The summed E-state index contributed by atoms with van der Waals surface area (Å²) in [5.41, 5.74) is 7.81. The molecule has 0 saturated carbocycles. The monoisotopic (exact) mass is 418 g/mol. The first-order valence-electron chi connectivity index (χ1n) is 10.1. The van der Waals surface area contributed by atoms with Gasteiger partial charge in [-0.1, -0.05) is 18.6 Å². The minimum atomic E-state index is 0. The van der Waals surface area contributed by atoms with Gasteiger partial charge in [-0.2, -0.15) is 0 Å². The highest BCUT2D eigenvalue weighted by Gasteiger charge is 2.22.